The van der Waals surface area contributed by atoms with E-state index in [2.05, 4.69) is 86.8 Å². The second kappa shape index (κ2) is 15.2. The predicted octanol–water partition coefficient (Wildman–Crippen LogP) is 9.75. The monoisotopic (exact) mass is 600 g/mol. The molecule has 0 heterocycles. The molecular weight excluding hydrogens is 545 g/mol. The van der Waals surface area contributed by atoms with E-state index in [1.807, 2.05) is 31.2 Å². The second-order valence-electron chi connectivity index (χ2n) is 14.1. The van der Waals surface area contributed by atoms with Crippen LogP contribution < -0.4 is 8.85 Å². The van der Waals surface area contributed by atoms with Crippen LogP contribution in [-0.2, 0) is 20.7 Å². The summed E-state index contributed by atoms with van der Waals surface area (Å²) in [6.07, 6.45) is 10.6. The number of rotatable bonds is 14. The molecule has 230 valence electrons. The molecule has 0 aliphatic carbocycles. The second-order valence-corrected chi connectivity index (χ2v) is 23.6. The van der Waals surface area contributed by atoms with Gasteiger partial charge in [-0.2, -0.15) is 0 Å². The number of carbonyl (C=O) groups excluding carboxylic acids is 2. The quantitative estimate of drug-likeness (QED) is 0.0699. The molecule has 0 spiro atoms. The summed E-state index contributed by atoms with van der Waals surface area (Å²) < 4.78 is 18.5. The highest BCUT2D eigenvalue weighted by molar-refractivity contribution is 6.75. The zero-order chi connectivity index (χ0) is 31.6. The van der Waals surface area contributed by atoms with Crippen LogP contribution in [0.25, 0.3) is 0 Å². The van der Waals surface area contributed by atoms with Gasteiger partial charge in [0.05, 0.1) is 7.11 Å². The van der Waals surface area contributed by atoms with Crippen molar-refractivity contribution in [2.24, 2.45) is 0 Å². The lowest BCUT2D eigenvalue weighted by Crippen LogP contribution is -2.44. The summed E-state index contributed by atoms with van der Waals surface area (Å²) in [6, 6.07) is 6.15. The first-order valence-electron chi connectivity index (χ1n) is 14.8. The van der Waals surface area contributed by atoms with Gasteiger partial charge in [0.15, 0.2) is 0 Å². The molecule has 41 heavy (non-hydrogen) atoms. The van der Waals surface area contributed by atoms with Crippen LogP contribution in [0.4, 0.5) is 0 Å². The maximum atomic E-state index is 12.7. The Morgan fingerprint density at radius 3 is 1.93 bits per heavy atom. The van der Waals surface area contributed by atoms with Crippen LogP contribution in [0.3, 0.4) is 0 Å². The normalized spacial score (nSPS) is 14.1. The van der Waals surface area contributed by atoms with Gasteiger partial charge in [-0.1, -0.05) is 65.3 Å². The fourth-order valence-corrected chi connectivity index (χ4v) is 5.64. The smallest absolute Gasteiger partial charge is 0.333 e. The summed E-state index contributed by atoms with van der Waals surface area (Å²) in [4.78, 5) is 23.5. The molecule has 0 radical (unpaired) electrons. The van der Waals surface area contributed by atoms with Crippen molar-refractivity contribution in [3.05, 3.63) is 58.7 Å². The van der Waals surface area contributed by atoms with Crippen LogP contribution in [0, 0.1) is 0 Å². The van der Waals surface area contributed by atoms with E-state index >= 15 is 0 Å². The van der Waals surface area contributed by atoms with E-state index in [-0.39, 0.29) is 16.0 Å². The van der Waals surface area contributed by atoms with Crippen LogP contribution in [0.1, 0.15) is 86.6 Å². The van der Waals surface area contributed by atoms with Gasteiger partial charge in [-0.05, 0) is 106 Å². The average Bonchev–Trinajstić information content (AvgIpc) is 2.85. The lowest BCUT2D eigenvalue weighted by Gasteiger charge is -2.38. The van der Waals surface area contributed by atoms with Crippen LogP contribution in [0.2, 0.25) is 36.3 Å². The van der Waals surface area contributed by atoms with Gasteiger partial charge in [-0.3, -0.25) is 4.79 Å². The van der Waals surface area contributed by atoms with E-state index in [9.17, 15) is 9.59 Å². The molecule has 0 unspecified atom stereocenters. The summed E-state index contributed by atoms with van der Waals surface area (Å²) >= 11 is 0. The zero-order valence-corrected chi connectivity index (χ0v) is 30.1. The number of aldehydes is 1. The van der Waals surface area contributed by atoms with E-state index in [1.54, 1.807) is 0 Å². The Bertz CT molecular complexity index is 1130. The molecule has 0 aliphatic rings. The lowest BCUT2D eigenvalue weighted by molar-refractivity contribution is -0.136. The van der Waals surface area contributed by atoms with Crippen LogP contribution in [0.5, 0.6) is 11.5 Å². The van der Waals surface area contributed by atoms with Gasteiger partial charge >= 0.3 is 5.97 Å². The van der Waals surface area contributed by atoms with E-state index in [0.29, 0.717) is 18.4 Å². The molecule has 0 saturated carbocycles. The van der Waals surface area contributed by atoms with Crippen molar-refractivity contribution in [2.45, 2.75) is 124 Å². The Morgan fingerprint density at radius 1 is 0.829 bits per heavy atom. The minimum atomic E-state index is -2.09. The first-order valence-corrected chi connectivity index (χ1v) is 20.6. The minimum absolute atomic E-state index is 0.0551. The molecule has 1 aromatic rings. The molecule has 0 saturated heterocycles. The van der Waals surface area contributed by atoms with Crippen LogP contribution >= 0.6 is 0 Å². The summed E-state index contributed by atoms with van der Waals surface area (Å²) in [5.74, 6) is 1.40. The molecular formula is C34H56O5Si2. The SMILES string of the molecule is COC(=O)C(=CCc1cc(O[Si](C)(C)C(C)(C)C)ccc1O[Si](C)(C)C(C)(C)C)CC/C=C(\C)CC/C=C(\C)C=O. The maximum Gasteiger partial charge on any atom is 0.333 e. The molecule has 1 rings (SSSR count). The molecule has 0 amide bonds. The summed E-state index contributed by atoms with van der Waals surface area (Å²) in [7, 11) is -2.68. The van der Waals surface area contributed by atoms with Gasteiger partial charge in [0.1, 0.15) is 17.8 Å². The minimum Gasteiger partial charge on any atom is -0.543 e. The Labute approximate surface area is 252 Å². The topological polar surface area (TPSA) is 61.8 Å². The largest absolute Gasteiger partial charge is 0.543 e. The molecule has 0 bridgehead atoms. The highest BCUT2D eigenvalue weighted by Gasteiger charge is 2.40. The van der Waals surface area contributed by atoms with Gasteiger partial charge in [-0.25, -0.2) is 4.79 Å². The summed E-state index contributed by atoms with van der Waals surface area (Å²) in [5, 5.41) is 0.135. The maximum absolute atomic E-state index is 12.7. The first-order chi connectivity index (χ1) is 18.7. The van der Waals surface area contributed by atoms with Crippen molar-refractivity contribution < 1.29 is 23.2 Å². The molecule has 1 aromatic carbocycles. The lowest BCUT2D eigenvalue weighted by atomic mass is 10.0. The molecule has 0 atom stereocenters. The Kier molecular flexibility index (Phi) is 13.6. The Balaban J connectivity index is 3.31. The fraction of sp³-hybridized carbons (Fsp3) is 0.588. The first kappa shape index (κ1) is 36.6. The average molecular weight is 601 g/mol. The third-order valence-corrected chi connectivity index (χ3v) is 17.2. The van der Waals surface area contributed by atoms with Crippen LogP contribution in [0.15, 0.2) is 53.1 Å². The number of methoxy groups -OCH3 is 1. The summed E-state index contributed by atoms with van der Waals surface area (Å²) in [6.45, 7) is 26.3. The Hall–Kier alpha value is -2.39. The summed E-state index contributed by atoms with van der Waals surface area (Å²) in [5.41, 5.74) is 3.66. The highest BCUT2D eigenvalue weighted by Crippen LogP contribution is 2.41. The molecule has 7 heteroatoms. The number of esters is 1. The van der Waals surface area contributed by atoms with Crippen molar-refractivity contribution in [3.63, 3.8) is 0 Å². The highest BCUT2D eigenvalue weighted by atomic mass is 28.4. The molecule has 0 N–H and O–H groups in total. The number of hydrogen-bond donors (Lipinski definition) is 0. The van der Waals surface area contributed by atoms with Crippen molar-refractivity contribution in [2.75, 3.05) is 7.11 Å². The van der Waals surface area contributed by atoms with Gasteiger partial charge in [-0.15, -0.1) is 0 Å². The van der Waals surface area contributed by atoms with Gasteiger partial charge in [0, 0.05) is 11.1 Å². The number of hydrogen-bond acceptors (Lipinski definition) is 5. The van der Waals surface area contributed by atoms with Crippen molar-refractivity contribution in [1.29, 1.82) is 0 Å². The predicted molar refractivity (Wildman–Crippen MR) is 178 cm³/mol. The van der Waals surface area contributed by atoms with Gasteiger partial charge < -0.3 is 13.6 Å². The van der Waals surface area contributed by atoms with Crippen molar-refractivity contribution in [3.8, 4) is 11.5 Å². The van der Waals surface area contributed by atoms with E-state index < -0.39 is 16.6 Å². The standard InChI is InChI=1S/C34H56O5Si2/c1-26(16-14-18-27(2)25-35)17-15-19-28(32(36)37-9)20-21-29-24-30(38-40(10,11)33(3,4)5)22-23-31(29)39-41(12,13)34(6,7)8/h17-18,20,22-25H,14-16,19,21H2,1-13H3/b26-17+,27-18+,28-20?. The number of carbonyl (C=O) groups is 2. The third-order valence-electron chi connectivity index (χ3n) is 8.50. The van der Waals surface area contributed by atoms with Crippen molar-refractivity contribution in [1.82, 2.24) is 0 Å². The van der Waals surface area contributed by atoms with E-state index in [0.717, 1.165) is 48.2 Å². The Morgan fingerprint density at radius 2 is 1.39 bits per heavy atom. The van der Waals surface area contributed by atoms with E-state index in [1.165, 1.54) is 12.7 Å². The van der Waals surface area contributed by atoms with Gasteiger partial charge in [0.25, 0.3) is 0 Å². The van der Waals surface area contributed by atoms with Crippen molar-refractivity contribution >= 4 is 28.9 Å². The zero-order valence-electron chi connectivity index (χ0n) is 28.1. The van der Waals surface area contributed by atoms with Crippen LogP contribution in [-0.4, -0.2) is 36.0 Å². The molecule has 0 aromatic heterocycles. The number of benzene rings is 1. The number of allylic oxidation sites excluding steroid dienone is 5. The number of ether oxygens (including phenoxy) is 1. The molecule has 0 aliphatic heterocycles. The third kappa shape index (κ3) is 11.8. The molecule has 0 fully saturated rings. The van der Waals surface area contributed by atoms with E-state index in [4.69, 9.17) is 13.6 Å². The fourth-order valence-electron chi connectivity index (χ4n) is 3.56. The molecule has 5 nitrogen and oxygen atoms in total. The van der Waals surface area contributed by atoms with Gasteiger partial charge in [0.2, 0.25) is 16.6 Å².